The zero-order valence-corrected chi connectivity index (χ0v) is 19.4. The van der Waals surface area contributed by atoms with Crippen LogP contribution in [0.5, 0.6) is 0 Å². The number of fused-ring (bicyclic) bond motifs is 4. The molecular formula is C30H23NO2S. The second-order valence-electron chi connectivity index (χ2n) is 8.59. The zero-order chi connectivity index (χ0) is 23.1. The van der Waals surface area contributed by atoms with E-state index in [0.717, 1.165) is 34.7 Å². The number of para-hydroxylation sites is 1. The first kappa shape index (κ1) is 20.7. The maximum absolute atomic E-state index is 13.7. The van der Waals surface area contributed by atoms with Crippen molar-refractivity contribution in [1.82, 2.24) is 3.97 Å². The molecule has 1 heterocycles. The number of hydrogen-bond donors (Lipinski definition) is 0. The lowest BCUT2D eigenvalue weighted by molar-refractivity contribution is 0.590. The average Bonchev–Trinajstić information content (AvgIpc) is 3.22. The lowest BCUT2D eigenvalue weighted by Gasteiger charge is -2.10. The minimum Gasteiger partial charge on any atom is -0.233 e. The van der Waals surface area contributed by atoms with E-state index >= 15 is 0 Å². The lowest BCUT2D eigenvalue weighted by Crippen LogP contribution is -2.12. The number of aromatic nitrogens is 1. The third-order valence-corrected chi connectivity index (χ3v) is 8.28. The van der Waals surface area contributed by atoms with Gasteiger partial charge in [-0.3, -0.25) is 0 Å². The van der Waals surface area contributed by atoms with Gasteiger partial charge in [0.2, 0.25) is 0 Å². The van der Waals surface area contributed by atoms with Gasteiger partial charge >= 0.3 is 0 Å². The second kappa shape index (κ2) is 8.15. The SMILES string of the molecule is O=S(=O)(c1ccccc1)n1c2ccccc2c2ccc(CCc3cccc4ccccc34)cc21. The van der Waals surface area contributed by atoms with Crippen LogP contribution in [0, 0.1) is 0 Å². The highest BCUT2D eigenvalue weighted by Crippen LogP contribution is 2.33. The molecule has 0 radical (unpaired) electrons. The quantitative estimate of drug-likeness (QED) is 0.278. The minimum absolute atomic E-state index is 0.291. The molecule has 0 unspecified atom stereocenters. The molecule has 4 heteroatoms. The molecule has 0 amide bonds. The van der Waals surface area contributed by atoms with Crippen LogP contribution in [-0.2, 0) is 22.9 Å². The van der Waals surface area contributed by atoms with Crippen LogP contribution in [0.25, 0.3) is 32.6 Å². The van der Waals surface area contributed by atoms with Gasteiger partial charge in [0, 0.05) is 10.8 Å². The Labute approximate surface area is 199 Å². The highest BCUT2D eigenvalue weighted by molar-refractivity contribution is 7.90. The van der Waals surface area contributed by atoms with Crippen molar-refractivity contribution >= 4 is 42.6 Å². The fourth-order valence-electron chi connectivity index (χ4n) is 4.88. The third kappa shape index (κ3) is 3.39. The summed E-state index contributed by atoms with van der Waals surface area (Å²) in [5, 5.41) is 4.40. The lowest BCUT2D eigenvalue weighted by atomic mass is 9.98. The summed E-state index contributed by atoms with van der Waals surface area (Å²) in [4.78, 5) is 0.291. The largest absolute Gasteiger partial charge is 0.268 e. The Bertz CT molecular complexity index is 1760. The van der Waals surface area contributed by atoms with Crippen LogP contribution in [0.3, 0.4) is 0 Å². The molecule has 0 spiro atoms. The first-order valence-corrected chi connectivity index (χ1v) is 12.9. The highest BCUT2D eigenvalue weighted by Gasteiger charge is 2.23. The molecule has 3 nitrogen and oxygen atoms in total. The minimum atomic E-state index is -3.74. The predicted octanol–water partition coefficient (Wildman–Crippen LogP) is 6.97. The molecule has 0 aliphatic rings. The number of hydrogen-bond acceptors (Lipinski definition) is 2. The summed E-state index contributed by atoms with van der Waals surface area (Å²) in [6.07, 6.45) is 1.72. The molecule has 1 aromatic heterocycles. The molecule has 6 aromatic rings. The number of rotatable bonds is 5. The number of aryl methyl sites for hydroxylation is 2. The van der Waals surface area contributed by atoms with E-state index < -0.39 is 10.0 Å². The van der Waals surface area contributed by atoms with Crippen molar-refractivity contribution in [3.63, 3.8) is 0 Å². The van der Waals surface area contributed by atoms with E-state index in [2.05, 4.69) is 54.6 Å². The Morgan fingerprint density at radius 2 is 1.24 bits per heavy atom. The summed E-state index contributed by atoms with van der Waals surface area (Å²) in [7, 11) is -3.74. The summed E-state index contributed by atoms with van der Waals surface area (Å²) >= 11 is 0. The van der Waals surface area contributed by atoms with Crippen LogP contribution in [0.15, 0.2) is 120 Å². The van der Waals surface area contributed by atoms with Gasteiger partial charge < -0.3 is 0 Å². The number of nitrogens with zero attached hydrogens (tertiary/aromatic N) is 1. The monoisotopic (exact) mass is 461 g/mol. The number of benzene rings is 5. The Kier molecular flexibility index (Phi) is 4.96. The van der Waals surface area contributed by atoms with Crippen LogP contribution < -0.4 is 0 Å². The molecule has 0 atom stereocenters. The summed E-state index contributed by atoms with van der Waals surface area (Å²) in [5.74, 6) is 0. The summed E-state index contributed by atoms with van der Waals surface area (Å²) in [6, 6.07) is 37.5. The van der Waals surface area contributed by atoms with Gasteiger partial charge in [0.1, 0.15) is 0 Å². The Morgan fingerprint density at radius 3 is 2.09 bits per heavy atom. The molecular weight excluding hydrogens is 438 g/mol. The van der Waals surface area contributed by atoms with E-state index in [9.17, 15) is 8.42 Å². The smallest absolute Gasteiger partial charge is 0.233 e. The second-order valence-corrected chi connectivity index (χ2v) is 10.4. The van der Waals surface area contributed by atoms with Crippen molar-refractivity contribution < 1.29 is 8.42 Å². The molecule has 0 bridgehead atoms. The molecule has 0 aliphatic heterocycles. The van der Waals surface area contributed by atoms with Crippen molar-refractivity contribution in [3.05, 3.63) is 126 Å². The molecule has 0 aliphatic carbocycles. The Hall–Kier alpha value is -3.89. The normalized spacial score (nSPS) is 12.0. The van der Waals surface area contributed by atoms with Crippen molar-refractivity contribution in [2.45, 2.75) is 17.7 Å². The molecule has 0 N–H and O–H groups in total. The van der Waals surface area contributed by atoms with Gasteiger partial charge in [0.15, 0.2) is 0 Å². The van der Waals surface area contributed by atoms with Gasteiger partial charge in [0.25, 0.3) is 10.0 Å². The van der Waals surface area contributed by atoms with Crippen molar-refractivity contribution in [2.75, 3.05) is 0 Å². The van der Waals surface area contributed by atoms with Crippen molar-refractivity contribution in [3.8, 4) is 0 Å². The van der Waals surface area contributed by atoms with E-state index in [1.165, 1.54) is 20.3 Å². The maximum Gasteiger partial charge on any atom is 0.268 e. The topological polar surface area (TPSA) is 39.1 Å². The van der Waals surface area contributed by atoms with Gasteiger partial charge in [-0.2, -0.15) is 0 Å². The van der Waals surface area contributed by atoms with Gasteiger partial charge in [0.05, 0.1) is 15.9 Å². The zero-order valence-electron chi connectivity index (χ0n) is 18.6. The third-order valence-electron chi connectivity index (χ3n) is 6.54. The van der Waals surface area contributed by atoms with Gasteiger partial charge in [-0.05, 0) is 59.0 Å². The van der Waals surface area contributed by atoms with Gasteiger partial charge in [-0.25, -0.2) is 12.4 Å². The van der Waals surface area contributed by atoms with Gasteiger partial charge in [-0.15, -0.1) is 0 Å². The first-order valence-electron chi connectivity index (χ1n) is 11.4. The molecule has 6 rings (SSSR count). The molecule has 0 saturated heterocycles. The Balaban J connectivity index is 1.47. The van der Waals surface area contributed by atoms with Crippen molar-refractivity contribution in [2.24, 2.45) is 0 Å². The van der Waals surface area contributed by atoms with E-state index in [-0.39, 0.29) is 0 Å². The Morgan fingerprint density at radius 1 is 0.559 bits per heavy atom. The fraction of sp³-hybridized carbons (Fsp3) is 0.0667. The van der Waals surface area contributed by atoms with Crippen LogP contribution in [-0.4, -0.2) is 12.4 Å². The summed E-state index contributed by atoms with van der Waals surface area (Å²) in [5.41, 5.74) is 3.84. The van der Waals surface area contributed by atoms with Gasteiger partial charge in [-0.1, -0.05) is 91.0 Å². The fourth-order valence-corrected chi connectivity index (χ4v) is 6.42. The van der Waals surface area contributed by atoms with Crippen LogP contribution in [0.2, 0.25) is 0 Å². The molecule has 0 saturated carbocycles. The summed E-state index contributed by atoms with van der Waals surface area (Å²) in [6.45, 7) is 0. The average molecular weight is 462 g/mol. The highest BCUT2D eigenvalue weighted by atomic mass is 32.2. The van der Waals surface area contributed by atoms with Crippen LogP contribution in [0.4, 0.5) is 0 Å². The van der Waals surface area contributed by atoms with E-state index in [1.54, 1.807) is 24.3 Å². The first-order chi connectivity index (χ1) is 16.6. The van der Waals surface area contributed by atoms with Crippen LogP contribution in [0.1, 0.15) is 11.1 Å². The molecule has 0 fully saturated rings. The van der Waals surface area contributed by atoms with E-state index in [4.69, 9.17) is 0 Å². The van der Waals surface area contributed by atoms with E-state index in [0.29, 0.717) is 10.4 Å². The maximum atomic E-state index is 13.7. The van der Waals surface area contributed by atoms with Crippen LogP contribution >= 0.6 is 0 Å². The summed E-state index contributed by atoms with van der Waals surface area (Å²) < 4.78 is 29.0. The molecule has 34 heavy (non-hydrogen) atoms. The predicted molar refractivity (Wildman–Crippen MR) is 140 cm³/mol. The van der Waals surface area contributed by atoms with Crippen molar-refractivity contribution in [1.29, 1.82) is 0 Å². The van der Waals surface area contributed by atoms with E-state index in [1.807, 2.05) is 36.4 Å². The molecule has 166 valence electrons. The molecule has 5 aromatic carbocycles. The standard InChI is InChI=1S/C30H23NO2S/c32-34(33,25-12-2-1-3-13-25)31-29-16-7-6-15-27(29)28-20-18-22(21-30(28)31)17-19-24-11-8-10-23-9-4-5-14-26(23)24/h1-16,18,20-21H,17,19H2.